The minimum absolute atomic E-state index is 0.0646. The minimum atomic E-state index is -0.736. The van der Waals surface area contributed by atoms with Crippen molar-refractivity contribution < 1.29 is 23.1 Å². The number of ether oxygens (including phenoxy) is 1. The molecule has 0 spiro atoms. The minimum Gasteiger partial charge on any atom is -0.444 e. The normalized spacial score (nSPS) is 11.3. The van der Waals surface area contributed by atoms with Crippen molar-refractivity contribution in [1.29, 1.82) is 0 Å². The lowest BCUT2D eigenvalue weighted by Crippen LogP contribution is -2.27. The molecular weight excluding hydrogens is 354 g/mol. The molecule has 0 aliphatic carbocycles. The van der Waals surface area contributed by atoms with E-state index < -0.39 is 29.2 Å². The van der Waals surface area contributed by atoms with Gasteiger partial charge in [-0.25, -0.2) is 13.6 Å². The van der Waals surface area contributed by atoms with Crippen LogP contribution in [-0.2, 0) is 9.53 Å². The van der Waals surface area contributed by atoms with E-state index in [0.717, 1.165) is 12.1 Å². The zero-order valence-corrected chi connectivity index (χ0v) is 15.2. The summed E-state index contributed by atoms with van der Waals surface area (Å²) in [6.45, 7) is 5.12. The molecule has 0 heterocycles. The topological polar surface area (TPSA) is 67.4 Å². The van der Waals surface area contributed by atoms with Crippen molar-refractivity contribution in [3.8, 4) is 0 Å². The third kappa shape index (κ3) is 6.89. The van der Waals surface area contributed by atoms with E-state index in [1.54, 1.807) is 26.8 Å². The van der Waals surface area contributed by atoms with Gasteiger partial charge in [-0.05, 0) is 62.7 Å². The summed E-state index contributed by atoms with van der Waals surface area (Å²) in [7, 11) is 0. The van der Waals surface area contributed by atoms with Gasteiger partial charge in [-0.15, -0.1) is 0 Å². The number of benzene rings is 2. The van der Waals surface area contributed by atoms with Gasteiger partial charge in [-0.2, -0.15) is 0 Å². The number of carbonyl (C=O) groups is 2. The van der Waals surface area contributed by atoms with E-state index in [2.05, 4.69) is 10.6 Å². The fourth-order valence-electron chi connectivity index (χ4n) is 2.10. The van der Waals surface area contributed by atoms with Crippen LogP contribution in [0.5, 0.6) is 0 Å². The second-order valence-corrected chi connectivity index (χ2v) is 6.69. The summed E-state index contributed by atoms with van der Waals surface area (Å²) in [5.41, 5.74) is 0.0331. The third-order valence-corrected chi connectivity index (χ3v) is 3.15. The highest BCUT2D eigenvalue weighted by Crippen LogP contribution is 2.24. The average Bonchev–Trinajstić information content (AvgIpc) is 2.54. The molecule has 0 unspecified atom stereocenters. The summed E-state index contributed by atoms with van der Waals surface area (Å²) in [4.78, 5) is 24.0. The van der Waals surface area contributed by atoms with Crippen molar-refractivity contribution in [3.63, 3.8) is 0 Å². The zero-order valence-electron chi connectivity index (χ0n) is 15.2. The van der Waals surface area contributed by atoms with E-state index in [-0.39, 0.29) is 11.4 Å². The predicted molar refractivity (Wildman–Crippen MR) is 100 cm³/mol. The van der Waals surface area contributed by atoms with Crippen LogP contribution in [0.3, 0.4) is 0 Å². The largest absolute Gasteiger partial charge is 0.444 e. The van der Waals surface area contributed by atoms with Gasteiger partial charge in [0.15, 0.2) is 0 Å². The maximum Gasteiger partial charge on any atom is 0.412 e. The Morgan fingerprint density at radius 3 is 2.33 bits per heavy atom. The second-order valence-electron chi connectivity index (χ2n) is 6.69. The third-order valence-electron chi connectivity index (χ3n) is 3.15. The molecule has 0 saturated heterocycles. The first-order valence-corrected chi connectivity index (χ1v) is 8.16. The average molecular weight is 374 g/mol. The monoisotopic (exact) mass is 374 g/mol. The van der Waals surface area contributed by atoms with Crippen LogP contribution in [0, 0.1) is 11.6 Å². The van der Waals surface area contributed by atoms with Gasteiger partial charge in [-0.3, -0.25) is 10.1 Å². The molecule has 142 valence electrons. The lowest BCUT2D eigenvalue weighted by molar-refractivity contribution is -0.111. The number of hydrogen-bond donors (Lipinski definition) is 2. The molecule has 0 aliphatic heterocycles. The summed E-state index contributed by atoms with van der Waals surface area (Å²) in [6, 6.07) is 9.23. The highest BCUT2D eigenvalue weighted by Gasteiger charge is 2.17. The fraction of sp³-hybridized carbons (Fsp3) is 0.200. The Kier molecular flexibility index (Phi) is 6.28. The summed E-state index contributed by atoms with van der Waals surface area (Å²) >= 11 is 0. The van der Waals surface area contributed by atoms with Crippen molar-refractivity contribution in [2.24, 2.45) is 0 Å². The van der Waals surface area contributed by atoms with Crippen molar-refractivity contribution in [3.05, 3.63) is 65.7 Å². The highest BCUT2D eigenvalue weighted by molar-refractivity contribution is 6.05. The van der Waals surface area contributed by atoms with Crippen LogP contribution in [0.15, 0.2) is 48.5 Å². The Labute approximate surface area is 156 Å². The van der Waals surface area contributed by atoms with Crippen molar-refractivity contribution in [2.45, 2.75) is 26.4 Å². The summed E-state index contributed by atoms with van der Waals surface area (Å²) in [6.07, 6.45) is 1.86. The van der Waals surface area contributed by atoms with E-state index in [1.807, 2.05) is 0 Å². The number of hydrogen-bond acceptors (Lipinski definition) is 3. The summed E-state index contributed by atoms with van der Waals surface area (Å²) < 4.78 is 31.8. The Balaban J connectivity index is 2.11. The molecule has 27 heavy (non-hydrogen) atoms. The van der Waals surface area contributed by atoms with Crippen LogP contribution in [-0.4, -0.2) is 17.6 Å². The Hall–Kier alpha value is -3.22. The van der Waals surface area contributed by atoms with Gasteiger partial charge in [0.05, 0.1) is 11.4 Å². The summed E-state index contributed by atoms with van der Waals surface area (Å²) in [5, 5.41) is 4.94. The Morgan fingerprint density at radius 2 is 1.67 bits per heavy atom. The molecule has 2 amide bonds. The van der Waals surface area contributed by atoms with Crippen molar-refractivity contribution >= 4 is 29.5 Å². The Bertz CT molecular complexity index is 874. The first kappa shape index (κ1) is 20.1. The van der Waals surface area contributed by atoms with E-state index >= 15 is 0 Å². The molecule has 5 nitrogen and oxygen atoms in total. The molecular formula is C20H20F2N2O3. The molecule has 0 atom stereocenters. The first-order chi connectivity index (χ1) is 12.6. The van der Waals surface area contributed by atoms with Crippen LogP contribution < -0.4 is 10.6 Å². The first-order valence-electron chi connectivity index (χ1n) is 8.16. The summed E-state index contributed by atoms with van der Waals surface area (Å²) in [5.74, 6) is -1.59. The fourth-order valence-corrected chi connectivity index (χ4v) is 2.10. The number of amides is 2. The van der Waals surface area contributed by atoms with Gasteiger partial charge in [0.2, 0.25) is 5.91 Å². The Morgan fingerprint density at radius 1 is 0.963 bits per heavy atom. The van der Waals surface area contributed by atoms with Crippen molar-refractivity contribution in [1.82, 2.24) is 0 Å². The van der Waals surface area contributed by atoms with Gasteiger partial charge < -0.3 is 10.1 Å². The van der Waals surface area contributed by atoms with Gasteiger partial charge in [0.25, 0.3) is 0 Å². The van der Waals surface area contributed by atoms with Gasteiger partial charge >= 0.3 is 6.09 Å². The van der Waals surface area contributed by atoms with Crippen LogP contribution in [0.25, 0.3) is 6.08 Å². The van der Waals surface area contributed by atoms with E-state index in [9.17, 15) is 18.4 Å². The van der Waals surface area contributed by atoms with Gasteiger partial charge in [-0.1, -0.05) is 12.1 Å². The van der Waals surface area contributed by atoms with Crippen molar-refractivity contribution in [2.75, 3.05) is 10.6 Å². The molecule has 2 aromatic rings. The van der Waals surface area contributed by atoms with Gasteiger partial charge in [0, 0.05) is 6.08 Å². The molecule has 2 N–H and O–H groups in total. The standard InChI is InChI=1S/C20H20F2N2O3/c1-20(2,3)27-19(26)24-16-9-8-15(22)12-17(16)23-18(25)10-7-13-5-4-6-14(21)11-13/h4-12H,1-3H3,(H,23,25)(H,24,26)/b10-7+. The lowest BCUT2D eigenvalue weighted by Gasteiger charge is -2.20. The molecule has 0 fully saturated rings. The van der Waals surface area contributed by atoms with E-state index in [0.29, 0.717) is 5.56 Å². The SMILES string of the molecule is CC(C)(C)OC(=O)Nc1ccc(F)cc1NC(=O)/C=C/c1cccc(F)c1. The van der Waals surface area contributed by atoms with Crippen LogP contribution in [0.2, 0.25) is 0 Å². The van der Waals surface area contributed by atoms with Gasteiger partial charge in [0.1, 0.15) is 17.2 Å². The quantitative estimate of drug-likeness (QED) is 0.743. The molecule has 0 bridgehead atoms. The lowest BCUT2D eigenvalue weighted by atomic mass is 10.2. The number of rotatable bonds is 4. The van der Waals surface area contributed by atoms with Crippen LogP contribution in [0.4, 0.5) is 25.0 Å². The van der Waals surface area contributed by atoms with E-state index in [4.69, 9.17) is 4.74 Å². The molecule has 0 radical (unpaired) electrons. The maximum atomic E-state index is 13.5. The zero-order chi connectivity index (χ0) is 20.0. The smallest absolute Gasteiger partial charge is 0.412 e. The molecule has 2 aromatic carbocycles. The maximum absolute atomic E-state index is 13.5. The number of halogens is 2. The predicted octanol–water partition coefficient (Wildman–Crippen LogP) is 4.96. The second kappa shape index (κ2) is 8.44. The molecule has 2 rings (SSSR count). The number of carbonyl (C=O) groups excluding carboxylic acids is 2. The van der Waals surface area contributed by atoms with E-state index in [1.165, 1.54) is 36.4 Å². The number of anilines is 2. The molecule has 7 heteroatoms. The van der Waals surface area contributed by atoms with Crippen LogP contribution >= 0.6 is 0 Å². The molecule has 0 aliphatic rings. The highest BCUT2D eigenvalue weighted by atomic mass is 19.1. The van der Waals surface area contributed by atoms with Crippen LogP contribution in [0.1, 0.15) is 26.3 Å². The molecule has 0 aromatic heterocycles. The molecule has 0 saturated carbocycles. The number of nitrogens with one attached hydrogen (secondary N) is 2.